The van der Waals surface area contributed by atoms with Crippen molar-refractivity contribution in [2.45, 2.75) is 6.61 Å². The number of anilines is 1. The quantitative estimate of drug-likeness (QED) is 0.300. The van der Waals surface area contributed by atoms with Gasteiger partial charge in [0.2, 0.25) is 5.91 Å². The van der Waals surface area contributed by atoms with Crippen molar-refractivity contribution in [3.63, 3.8) is 0 Å². The van der Waals surface area contributed by atoms with Crippen molar-refractivity contribution in [2.24, 2.45) is 0 Å². The molecule has 4 rings (SSSR count). The molecule has 3 amide bonds. The van der Waals surface area contributed by atoms with Crippen LogP contribution in [0.4, 0.5) is 10.5 Å². The summed E-state index contributed by atoms with van der Waals surface area (Å²) >= 11 is 10.1. The number of carbonyl (C=O) groups excluding carboxylic acids is 3. The number of thioether (sulfide) groups is 1. The van der Waals surface area contributed by atoms with Gasteiger partial charge in [-0.25, -0.2) is 0 Å². The normalized spacial score (nSPS) is 13.9. The minimum absolute atomic E-state index is 0.175. The van der Waals surface area contributed by atoms with E-state index in [1.54, 1.807) is 66.7 Å². The maximum Gasteiger partial charge on any atom is 0.294 e. The molecule has 1 fully saturated rings. The number of nitrogens with one attached hydrogen (secondary N) is 1. The lowest BCUT2D eigenvalue weighted by Gasteiger charge is -2.14. The Morgan fingerprint density at radius 1 is 1.16 bits per heavy atom. The van der Waals surface area contributed by atoms with Crippen molar-refractivity contribution < 1.29 is 23.9 Å². The van der Waals surface area contributed by atoms with Crippen LogP contribution in [0.5, 0.6) is 11.5 Å². The first-order valence-electron chi connectivity index (χ1n) is 11.1. The number of ether oxygens (including phenoxy) is 2. The Hall–Kier alpha value is -3.78. The molecule has 0 saturated carbocycles. The molecule has 192 valence electrons. The second-order valence-electron chi connectivity index (χ2n) is 7.95. The van der Waals surface area contributed by atoms with Crippen LogP contribution in [0.3, 0.4) is 0 Å². The Bertz CT molecular complexity index is 1470. The Labute approximate surface area is 236 Å². The number of nitriles is 1. The van der Waals surface area contributed by atoms with Crippen molar-refractivity contribution in [1.82, 2.24) is 4.90 Å². The van der Waals surface area contributed by atoms with Crippen LogP contribution in [0.2, 0.25) is 5.02 Å². The summed E-state index contributed by atoms with van der Waals surface area (Å²) in [7, 11) is 1.49. The minimum Gasteiger partial charge on any atom is -0.493 e. The fraction of sp³-hybridized carbons (Fsp3) is 0.111. The van der Waals surface area contributed by atoms with Crippen molar-refractivity contribution in [3.8, 4) is 17.6 Å². The number of hydrogen-bond donors (Lipinski definition) is 1. The van der Waals surface area contributed by atoms with Crippen LogP contribution in [0.1, 0.15) is 16.7 Å². The van der Waals surface area contributed by atoms with Crippen molar-refractivity contribution in [2.75, 3.05) is 19.0 Å². The first-order valence-corrected chi connectivity index (χ1v) is 13.1. The summed E-state index contributed by atoms with van der Waals surface area (Å²) in [6, 6.07) is 19.0. The highest BCUT2D eigenvalue weighted by Crippen LogP contribution is 2.39. The van der Waals surface area contributed by atoms with E-state index in [4.69, 9.17) is 26.3 Å². The summed E-state index contributed by atoms with van der Waals surface area (Å²) in [6.45, 7) is -0.170. The summed E-state index contributed by atoms with van der Waals surface area (Å²) in [5, 5.41) is 11.6. The zero-order chi connectivity index (χ0) is 27.2. The zero-order valence-electron chi connectivity index (χ0n) is 19.9. The molecule has 0 unspecified atom stereocenters. The number of halogens is 2. The van der Waals surface area contributed by atoms with Gasteiger partial charge in [-0.3, -0.25) is 19.3 Å². The summed E-state index contributed by atoms with van der Waals surface area (Å²) < 4.78 is 12.0. The summed E-state index contributed by atoms with van der Waals surface area (Å²) in [5.74, 6) is -0.201. The molecular formula is C27H19BrClN3O5S. The van der Waals surface area contributed by atoms with Crippen LogP contribution in [-0.2, 0) is 16.2 Å². The maximum atomic E-state index is 12.9. The number of rotatable bonds is 8. The molecule has 0 aliphatic carbocycles. The molecule has 1 heterocycles. The third-order valence-corrected chi connectivity index (χ3v) is 7.07. The molecule has 11 heteroatoms. The average Bonchev–Trinajstić information content (AvgIpc) is 3.16. The van der Waals surface area contributed by atoms with E-state index in [1.165, 1.54) is 7.11 Å². The molecule has 38 heavy (non-hydrogen) atoms. The van der Waals surface area contributed by atoms with Crippen molar-refractivity contribution >= 4 is 68.1 Å². The predicted molar refractivity (Wildman–Crippen MR) is 149 cm³/mol. The second kappa shape index (κ2) is 12.2. The Kier molecular flexibility index (Phi) is 8.73. The van der Waals surface area contributed by atoms with Gasteiger partial charge >= 0.3 is 0 Å². The molecule has 1 N–H and O–H groups in total. The van der Waals surface area contributed by atoms with Gasteiger partial charge in [0.05, 0.1) is 28.1 Å². The standard InChI is InChI=1S/C27H19BrClN3O5S/c1-36-22-11-18(10-21(28)25(22)37-15-17-4-2-16(13-30)3-5-17)12-23-26(34)32(27(35)38-23)14-24(33)31-20-8-6-19(29)7-9-20/h2-12H,14-15H2,1H3,(H,31,33)/b23-12+. The number of nitrogens with zero attached hydrogens (tertiary/aromatic N) is 2. The number of benzene rings is 3. The lowest BCUT2D eigenvalue weighted by atomic mass is 10.1. The van der Waals surface area contributed by atoms with Crippen molar-refractivity contribution in [1.29, 1.82) is 5.26 Å². The predicted octanol–water partition coefficient (Wildman–Crippen LogP) is 6.24. The van der Waals surface area contributed by atoms with Crippen LogP contribution < -0.4 is 14.8 Å². The monoisotopic (exact) mass is 611 g/mol. The van der Waals surface area contributed by atoms with Gasteiger partial charge in [-0.05, 0) is 93.4 Å². The van der Waals surface area contributed by atoms with Gasteiger partial charge in [0.1, 0.15) is 13.2 Å². The van der Waals surface area contributed by atoms with Crippen LogP contribution >= 0.6 is 39.3 Å². The summed E-state index contributed by atoms with van der Waals surface area (Å²) in [6.07, 6.45) is 1.56. The lowest BCUT2D eigenvalue weighted by Crippen LogP contribution is -2.36. The molecular weight excluding hydrogens is 594 g/mol. The first kappa shape index (κ1) is 27.3. The van der Waals surface area contributed by atoms with E-state index < -0.39 is 23.6 Å². The molecule has 0 radical (unpaired) electrons. The Balaban J connectivity index is 1.45. The summed E-state index contributed by atoms with van der Waals surface area (Å²) in [5.41, 5.74) is 2.52. The van der Waals surface area contributed by atoms with E-state index >= 15 is 0 Å². The maximum absolute atomic E-state index is 12.9. The molecule has 0 atom stereocenters. The second-order valence-corrected chi connectivity index (χ2v) is 10.2. The van der Waals surface area contributed by atoms with Gasteiger partial charge in [-0.1, -0.05) is 23.7 Å². The molecule has 0 spiro atoms. The smallest absolute Gasteiger partial charge is 0.294 e. The lowest BCUT2D eigenvalue weighted by molar-refractivity contribution is -0.127. The zero-order valence-corrected chi connectivity index (χ0v) is 23.0. The fourth-order valence-electron chi connectivity index (χ4n) is 3.46. The molecule has 3 aromatic rings. The van der Waals surface area contributed by atoms with Gasteiger partial charge in [0, 0.05) is 10.7 Å². The van der Waals surface area contributed by atoms with Crippen LogP contribution in [-0.4, -0.2) is 35.6 Å². The summed E-state index contributed by atoms with van der Waals surface area (Å²) in [4.78, 5) is 38.8. The van der Waals surface area contributed by atoms with Gasteiger partial charge in [-0.2, -0.15) is 5.26 Å². The Morgan fingerprint density at radius 3 is 2.53 bits per heavy atom. The van der Waals surface area contributed by atoms with Gasteiger partial charge < -0.3 is 14.8 Å². The third kappa shape index (κ3) is 6.55. The van der Waals surface area contributed by atoms with Crippen LogP contribution in [0.25, 0.3) is 6.08 Å². The highest BCUT2D eigenvalue weighted by molar-refractivity contribution is 9.10. The Morgan fingerprint density at radius 2 is 1.87 bits per heavy atom. The van der Waals surface area contributed by atoms with Gasteiger partial charge in [-0.15, -0.1) is 0 Å². The molecule has 1 aliphatic rings. The van der Waals surface area contributed by atoms with Crippen molar-refractivity contribution in [3.05, 3.63) is 91.8 Å². The number of carbonyl (C=O) groups is 3. The third-order valence-electron chi connectivity index (χ3n) is 5.32. The number of amides is 3. The highest BCUT2D eigenvalue weighted by atomic mass is 79.9. The van der Waals surface area contributed by atoms with Gasteiger partial charge in [0.15, 0.2) is 11.5 Å². The SMILES string of the molecule is COc1cc(/C=C2/SC(=O)N(CC(=O)Nc3ccc(Cl)cc3)C2=O)cc(Br)c1OCc1ccc(C#N)cc1. The average molecular weight is 613 g/mol. The van der Waals surface area contributed by atoms with E-state index in [9.17, 15) is 14.4 Å². The van der Waals surface area contributed by atoms with Crippen LogP contribution in [0, 0.1) is 11.3 Å². The van der Waals surface area contributed by atoms with E-state index in [0.717, 1.165) is 22.2 Å². The van der Waals surface area contributed by atoms with E-state index in [-0.39, 0.29) is 11.5 Å². The first-order chi connectivity index (χ1) is 18.3. The number of imide groups is 1. The molecule has 1 saturated heterocycles. The van der Waals surface area contributed by atoms with E-state index in [1.807, 2.05) is 0 Å². The molecule has 0 aromatic heterocycles. The topological polar surface area (TPSA) is 109 Å². The molecule has 1 aliphatic heterocycles. The van der Waals surface area contributed by atoms with Gasteiger partial charge in [0.25, 0.3) is 11.1 Å². The number of methoxy groups -OCH3 is 1. The molecule has 0 bridgehead atoms. The van der Waals surface area contributed by atoms with E-state index in [2.05, 4.69) is 27.3 Å². The fourth-order valence-corrected chi connectivity index (χ4v) is 5.00. The minimum atomic E-state index is -0.567. The molecule has 8 nitrogen and oxygen atoms in total. The largest absolute Gasteiger partial charge is 0.493 e. The van der Waals surface area contributed by atoms with E-state index in [0.29, 0.717) is 37.8 Å². The van der Waals surface area contributed by atoms with Crippen LogP contribution in [0.15, 0.2) is 70.0 Å². The number of hydrogen-bond acceptors (Lipinski definition) is 7. The molecule has 3 aromatic carbocycles. The highest BCUT2D eigenvalue weighted by Gasteiger charge is 2.36.